The molecule has 110 valence electrons. The van der Waals surface area contributed by atoms with E-state index in [0.29, 0.717) is 22.8 Å². The van der Waals surface area contributed by atoms with Crippen LogP contribution in [-0.2, 0) is 11.3 Å². The molecule has 0 spiro atoms. The molecule has 1 N–H and O–H groups in total. The molecule has 0 aromatic heterocycles. The summed E-state index contributed by atoms with van der Waals surface area (Å²) in [7, 11) is 1.37. The fraction of sp³-hybridized carbons (Fsp3) is 0.235. The van der Waals surface area contributed by atoms with Crippen LogP contribution in [0.1, 0.15) is 27.0 Å². The van der Waals surface area contributed by atoms with Crippen LogP contribution < -0.4 is 5.32 Å². The summed E-state index contributed by atoms with van der Waals surface area (Å²) in [5, 5.41) is 3.84. The predicted octanol–water partition coefficient (Wildman–Crippen LogP) is 4.36. The molecule has 0 amide bonds. The monoisotopic (exact) mass is 303 g/mol. The normalized spacial score (nSPS) is 10.3. The molecule has 0 bridgehead atoms. The number of hydrogen-bond acceptors (Lipinski definition) is 3. The summed E-state index contributed by atoms with van der Waals surface area (Å²) < 4.78 is 4.79. The van der Waals surface area contributed by atoms with E-state index in [1.807, 2.05) is 6.07 Å². The van der Waals surface area contributed by atoms with Crippen molar-refractivity contribution in [3.05, 3.63) is 63.7 Å². The number of ether oxygens (including phenoxy) is 1. The van der Waals surface area contributed by atoms with E-state index in [1.165, 1.54) is 23.8 Å². The number of hydrogen-bond donors (Lipinski definition) is 1. The first-order valence-electron chi connectivity index (χ1n) is 6.69. The van der Waals surface area contributed by atoms with Crippen LogP contribution in [0, 0.1) is 13.8 Å². The van der Waals surface area contributed by atoms with Gasteiger partial charge in [-0.1, -0.05) is 29.8 Å². The number of benzene rings is 2. The van der Waals surface area contributed by atoms with Crippen LogP contribution in [0.5, 0.6) is 0 Å². The zero-order valence-corrected chi connectivity index (χ0v) is 13.1. The molecule has 2 rings (SSSR count). The maximum atomic E-state index is 11.8. The molecule has 3 nitrogen and oxygen atoms in total. The van der Waals surface area contributed by atoms with Gasteiger partial charge in [0.05, 0.1) is 18.4 Å². The van der Waals surface area contributed by atoms with Crippen molar-refractivity contribution in [3.8, 4) is 0 Å². The molecule has 21 heavy (non-hydrogen) atoms. The van der Waals surface area contributed by atoms with Gasteiger partial charge >= 0.3 is 5.97 Å². The third kappa shape index (κ3) is 3.56. The third-order valence-electron chi connectivity index (χ3n) is 3.57. The Morgan fingerprint density at radius 2 is 2.00 bits per heavy atom. The molecule has 0 saturated carbocycles. The minimum absolute atomic E-state index is 0.380. The Kier molecular flexibility index (Phi) is 4.86. The van der Waals surface area contributed by atoms with Crippen LogP contribution in [0.3, 0.4) is 0 Å². The van der Waals surface area contributed by atoms with Crippen molar-refractivity contribution in [2.45, 2.75) is 20.4 Å². The number of aryl methyl sites for hydroxylation is 1. The molecule has 2 aromatic carbocycles. The lowest BCUT2D eigenvalue weighted by atomic mass is 10.0. The summed E-state index contributed by atoms with van der Waals surface area (Å²) in [6.07, 6.45) is 0. The van der Waals surface area contributed by atoms with Gasteiger partial charge in [-0.15, -0.1) is 0 Å². The molecule has 0 saturated heterocycles. The van der Waals surface area contributed by atoms with Crippen molar-refractivity contribution in [1.82, 2.24) is 0 Å². The van der Waals surface area contributed by atoms with Crippen molar-refractivity contribution in [1.29, 1.82) is 0 Å². The first kappa shape index (κ1) is 15.4. The van der Waals surface area contributed by atoms with Gasteiger partial charge in [0.15, 0.2) is 0 Å². The Bertz CT molecular complexity index is 668. The van der Waals surface area contributed by atoms with Crippen molar-refractivity contribution in [2.24, 2.45) is 0 Å². The van der Waals surface area contributed by atoms with Gasteiger partial charge < -0.3 is 10.1 Å². The highest BCUT2D eigenvalue weighted by molar-refractivity contribution is 6.31. The van der Waals surface area contributed by atoms with E-state index in [1.54, 1.807) is 18.2 Å². The lowest BCUT2D eigenvalue weighted by Gasteiger charge is -2.13. The molecule has 0 radical (unpaired) electrons. The van der Waals surface area contributed by atoms with E-state index in [2.05, 4.69) is 31.3 Å². The quantitative estimate of drug-likeness (QED) is 0.853. The largest absolute Gasteiger partial charge is 0.465 e. The van der Waals surface area contributed by atoms with Gasteiger partial charge in [-0.05, 0) is 48.7 Å². The smallest absolute Gasteiger partial charge is 0.339 e. The summed E-state index contributed by atoms with van der Waals surface area (Å²) in [5.74, 6) is -0.380. The number of nitrogens with one attached hydrogen (secondary N) is 1. The van der Waals surface area contributed by atoms with E-state index in [0.717, 1.165) is 0 Å². The van der Waals surface area contributed by atoms with Gasteiger partial charge in [-0.25, -0.2) is 4.79 Å². The number of rotatable bonds is 4. The Morgan fingerprint density at radius 1 is 1.24 bits per heavy atom. The minimum Gasteiger partial charge on any atom is -0.465 e. The average Bonchev–Trinajstić information content (AvgIpc) is 2.48. The van der Waals surface area contributed by atoms with E-state index >= 15 is 0 Å². The van der Waals surface area contributed by atoms with E-state index in [9.17, 15) is 4.79 Å². The maximum absolute atomic E-state index is 11.8. The highest BCUT2D eigenvalue weighted by Crippen LogP contribution is 2.23. The summed E-state index contributed by atoms with van der Waals surface area (Å²) in [6, 6.07) is 11.3. The molecule has 0 fully saturated rings. The van der Waals surface area contributed by atoms with Crippen molar-refractivity contribution < 1.29 is 9.53 Å². The van der Waals surface area contributed by atoms with Gasteiger partial charge in [-0.2, -0.15) is 0 Å². The van der Waals surface area contributed by atoms with Crippen LogP contribution in [0.15, 0.2) is 36.4 Å². The lowest BCUT2D eigenvalue weighted by Crippen LogP contribution is -2.09. The van der Waals surface area contributed by atoms with Gasteiger partial charge in [0.2, 0.25) is 0 Å². The van der Waals surface area contributed by atoms with Crippen LogP contribution >= 0.6 is 11.6 Å². The van der Waals surface area contributed by atoms with Gasteiger partial charge in [0, 0.05) is 11.6 Å². The number of carbonyl (C=O) groups is 1. The Balaban J connectivity index is 2.25. The highest BCUT2D eigenvalue weighted by Gasteiger charge is 2.12. The number of methoxy groups -OCH3 is 1. The summed E-state index contributed by atoms with van der Waals surface area (Å²) in [6.45, 7) is 4.79. The van der Waals surface area contributed by atoms with Crippen LogP contribution in [0.2, 0.25) is 5.02 Å². The molecular weight excluding hydrogens is 286 g/mol. The average molecular weight is 304 g/mol. The van der Waals surface area contributed by atoms with E-state index in [-0.39, 0.29) is 5.97 Å². The first-order valence-corrected chi connectivity index (χ1v) is 7.07. The first-order chi connectivity index (χ1) is 10.0. The van der Waals surface area contributed by atoms with E-state index in [4.69, 9.17) is 16.3 Å². The van der Waals surface area contributed by atoms with E-state index < -0.39 is 0 Å². The number of carbonyl (C=O) groups excluding carboxylic acids is 1. The van der Waals surface area contributed by atoms with Gasteiger partial charge in [0.25, 0.3) is 0 Å². The second-order valence-electron chi connectivity index (χ2n) is 4.89. The SMILES string of the molecule is COC(=O)c1ccc(Cl)cc1NCc1cccc(C)c1C. The van der Waals surface area contributed by atoms with Crippen LogP contribution in [-0.4, -0.2) is 13.1 Å². The van der Waals surface area contributed by atoms with Crippen LogP contribution in [0.25, 0.3) is 0 Å². The van der Waals surface area contributed by atoms with Gasteiger partial charge in [-0.3, -0.25) is 0 Å². The molecule has 4 heteroatoms. The fourth-order valence-electron chi connectivity index (χ4n) is 2.14. The predicted molar refractivity (Wildman–Crippen MR) is 86.0 cm³/mol. The highest BCUT2D eigenvalue weighted by atomic mass is 35.5. The minimum atomic E-state index is -0.380. The number of halogens is 1. The fourth-order valence-corrected chi connectivity index (χ4v) is 2.32. The molecule has 0 aliphatic rings. The third-order valence-corrected chi connectivity index (χ3v) is 3.81. The zero-order valence-electron chi connectivity index (χ0n) is 12.4. The topological polar surface area (TPSA) is 38.3 Å². The van der Waals surface area contributed by atoms with Crippen molar-refractivity contribution >= 4 is 23.3 Å². The molecule has 0 unspecified atom stereocenters. The summed E-state index contributed by atoms with van der Waals surface area (Å²) in [4.78, 5) is 11.8. The second-order valence-corrected chi connectivity index (χ2v) is 5.33. The zero-order chi connectivity index (χ0) is 15.4. The molecule has 0 aliphatic heterocycles. The Hall–Kier alpha value is -2.00. The standard InChI is InChI=1S/C17H18ClNO2/c1-11-5-4-6-13(12(11)2)10-19-16-9-14(18)7-8-15(16)17(20)21-3/h4-9,19H,10H2,1-3H3. The molecular formula is C17H18ClNO2. The Labute approximate surface area is 129 Å². The number of esters is 1. The molecule has 2 aromatic rings. The number of anilines is 1. The van der Waals surface area contributed by atoms with Gasteiger partial charge in [0.1, 0.15) is 0 Å². The molecule has 0 aliphatic carbocycles. The molecule has 0 heterocycles. The van der Waals surface area contributed by atoms with Crippen molar-refractivity contribution in [3.63, 3.8) is 0 Å². The van der Waals surface area contributed by atoms with Crippen LogP contribution in [0.4, 0.5) is 5.69 Å². The summed E-state index contributed by atoms with van der Waals surface area (Å²) >= 11 is 6.01. The Morgan fingerprint density at radius 3 is 2.71 bits per heavy atom. The summed E-state index contributed by atoms with van der Waals surface area (Å²) in [5.41, 5.74) is 4.83. The van der Waals surface area contributed by atoms with Crippen molar-refractivity contribution in [2.75, 3.05) is 12.4 Å². The lowest BCUT2D eigenvalue weighted by molar-refractivity contribution is 0.0602. The molecule has 0 atom stereocenters. The maximum Gasteiger partial charge on any atom is 0.339 e. The second kappa shape index (κ2) is 6.64.